The van der Waals surface area contributed by atoms with Gasteiger partial charge in [-0.05, 0) is 86.2 Å². The molecule has 0 aromatic heterocycles. The largest absolute Gasteiger partial charge is 0.393 e. The second-order valence-electron chi connectivity index (χ2n) is 11.5. The molecule has 0 bridgehead atoms. The van der Waals surface area contributed by atoms with E-state index in [4.69, 9.17) is 0 Å². The van der Waals surface area contributed by atoms with Gasteiger partial charge in [-0.25, -0.2) is 0 Å². The zero-order chi connectivity index (χ0) is 23.8. The topological polar surface area (TPSA) is 74.6 Å². The van der Waals surface area contributed by atoms with Gasteiger partial charge in [0.1, 0.15) is 11.6 Å². The second kappa shape index (κ2) is 10.00. The molecule has 2 N–H and O–H groups in total. The number of carbonyl (C=O) groups is 2. The minimum atomic E-state index is -0.655. The lowest BCUT2D eigenvalue weighted by molar-refractivity contribution is -0.126. The Hall–Kier alpha value is -1.52. The van der Waals surface area contributed by atoms with Gasteiger partial charge in [-0.15, -0.1) is 0 Å². The Morgan fingerprint density at radius 3 is 2.64 bits per heavy atom. The van der Waals surface area contributed by atoms with Crippen LogP contribution < -0.4 is 0 Å². The maximum atomic E-state index is 13.0. The van der Waals surface area contributed by atoms with Crippen LogP contribution in [0.25, 0.3) is 0 Å². The van der Waals surface area contributed by atoms with Gasteiger partial charge in [0.05, 0.1) is 12.2 Å². The second-order valence-corrected chi connectivity index (χ2v) is 11.5. The molecule has 4 aliphatic carbocycles. The highest BCUT2D eigenvalue weighted by Crippen LogP contribution is 2.59. The molecule has 6 atom stereocenters. The number of rotatable bonds is 8. The molecule has 0 heterocycles. The first-order valence-electron chi connectivity index (χ1n) is 13.2. The van der Waals surface area contributed by atoms with Crippen molar-refractivity contribution in [1.82, 2.24) is 0 Å². The summed E-state index contributed by atoms with van der Waals surface area (Å²) in [6, 6.07) is 0. The van der Waals surface area contributed by atoms with E-state index < -0.39 is 12.2 Å². The number of aliphatic hydroxyl groups is 2. The minimum absolute atomic E-state index is 0.0529. The SMILES string of the molecule is C=C1/C(=C\C=C2/CCC[C@@]3(C)C2CC[C@@H]3[C@H](C)C(=O)CCCC(=O)C2CC2)C[C@@H](O)C[C@@H]1O. The Morgan fingerprint density at radius 2 is 1.91 bits per heavy atom. The number of aliphatic hydroxyl groups excluding tert-OH is 2. The van der Waals surface area contributed by atoms with E-state index in [0.717, 1.165) is 56.1 Å². The lowest BCUT2D eigenvalue weighted by Crippen LogP contribution is -2.38. The summed E-state index contributed by atoms with van der Waals surface area (Å²) in [5.74, 6) is 1.94. The number of hydrogen-bond donors (Lipinski definition) is 2. The maximum absolute atomic E-state index is 13.0. The molecular formula is C29H42O4. The van der Waals surface area contributed by atoms with Crippen molar-refractivity contribution in [1.29, 1.82) is 0 Å². The molecule has 0 aliphatic heterocycles. The zero-order valence-corrected chi connectivity index (χ0v) is 20.5. The molecule has 0 amide bonds. The monoisotopic (exact) mass is 454 g/mol. The number of fused-ring (bicyclic) bond motifs is 1. The van der Waals surface area contributed by atoms with Crippen LogP contribution >= 0.6 is 0 Å². The van der Waals surface area contributed by atoms with E-state index in [1.807, 2.05) is 0 Å². The minimum Gasteiger partial charge on any atom is -0.393 e. The van der Waals surface area contributed by atoms with Crippen LogP contribution in [0.1, 0.15) is 90.9 Å². The van der Waals surface area contributed by atoms with Gasteiger partial charge in [0.25, 0.3) is 0 Å². The standard InChI is InChI=1S/C29H42O4/c1-18-22(16-23(30)17-28(18)33)12-9-20-6-5-15-29(3)24(13-14-25(20)29)19(2)26(31)7-4-8-27(32)21-10-11-21/h9,12,19,21,23-25,28,30,33H,1,4-8,10-11,13-17H2,2-3H3/b20-9+,22-12-/t19-,23+,24+,25?,28-,29+/m0/s1. The lowest BCUT2D eigenvalue weighted by Gasteiger charge is -2.44. The molecule has 4 rings (SSSR count). The third-order valence-electron chi connectivity index (χ3n) is 9.29. The lowest BCUT2D eigenvalue weighted by atomic mass is 9.60. The molecule has 4 saturated carbocycles. The van der Waals surface area contributed by atoms with Crippen LogP contribution in [0.5, 0.6) is 0 Å². The number of hydrogen-bond acceptors (Lipinski definition) is 4. The van der Waals surface area contributed by atoms with Crippen molar-refractivity contribution in [2.24, 2.45) is 29.1 Å². The number of carbonyl (C=O) groups excluding carboxylic acids is 2. The Kier molecular flexibility index (Phi) is 7.45. The van der Waals surface area contributed by atoms with Gasteiger partial charge in [0.2, 0.25) is 0 Å². The first-order chi connectivity index (χ1) is 15.7. The Bertz CT molecular complexity index is 848. The van der Waals surface area contributed by atoms with Crippen LogP contribution in [0, 0.1) is 29.1 Å². The molecule has 0 radical (unpaired) electrons. The van der Waals surface area contributed by atoms with Crippen molar-refractivity contribution < 1.29 is 19.8 Å². The van der Waals surface area contributed by atoms with Gasteiger partial charge < -0.3 is 10.2 Å². The van der Waals surface area contributed by atoms with E-state index in [1.54, 1.807) is 0 Å². The summed E-state index contributed by atoms with van der Waals surface area (Å²) in [5.41, 5.74) is 3.29. The first-order valence-corrected chi connectivity index (χ1v) is 13.2. The fourth-order valence-corrected chi connectivity index (χ4v) is 7.06. The molecule has 4 fully saturated rings. The van der Waals surface area contributed by atoms with Gasteiger partial charge >= 0.3 is 0 Å². The highest BCUT2D eigenvalue weighted by atomic mass is 16.3. The molecule has 1 unspecified atom stereocenters. The van der Waals surface area contributed by atoms with E-state index in [2.05, 4.69) is 32.6 Å². The summed E-state index contributed by atoms with van der Waals surface area (Å²) in [6.07, 6.45) is 13.6. The zero-order valence-electron chi connectivity index (χ0n) is 20.5. The van der Waals surface area contributed by atoms with E-state index in [0.29, 0.717) is 61.4 Å². The summed E-state index contributed by atoms with van der Waals surface area (Å²) in [4.78, 5) is 25.0. The fourth-order valence-electron chi connectivity index (χ4n) is 7.06. The van der Waals surface area contributed by atoms with E-state index in [-0.39, 0.29) is 11.3 Å². The molecule has 4 nitrogen and oxygen atoms in total. The summed E-state index contributed by atoms with van der Waals surface area (Å²) < 4.78 is 0. The number of allylic oxidation sites excluding steroid dienone is 3. The third-order valence-corrected chi connectivity index (χ3v) is 9.29. The maximum Gasteiger partial charge on any atom is 0.136 e. The van der Waals surface area contributed by atoms with Crippen LogP contribution in [0.2, 0.25) is 0 Å². The Morgan fingerprint density at radius 1 is 1.15 bits per heavy atom. The molecule has 0 aromatic rings. The van der Waals surface area contributed by atoms with E-state index in [1.165, 1.54) is 5.57 Å². The summed E-state index contributed by atoms with van der Waals surface area (Å²) in [7, 11) is 0. The van der Waals surface area contributed by atoms with Gasteiger partial charge in [0.15, 0.2) is 0 Å². The first kappa shape index (κ1) is 24.6. The molecular weight excluding hydrogens is 412 g/mol. The molecule has 4 aliphatic rings. The average molecular weight is 455 g/mol. The van der Waals surface area contributed by atoms with Gasteiger partial charge in [-0.3, -0.25) is 9.59 Å². The van der Waals surface area contributed by atoms with Crippen molar-refractivity contribution in [3.05, 3.63) is 35.5 Å². The highest BCUT2D eigenvalue weighted by Gasteiger charge is 2.51. The molecule has 0 saturated heterocycles. The van der Waals surface area contributed by atoms with Gasteiger partial charge in [-0.1, -0.05) is 38.2 Å². The molecule has 182 valence electrons. The Labute approximate surface area is 199 Å². The Balaban J connectivity index is 1.40. The summed E-state index contributed by atoms with van der Waals surface area (Å²) in [5, 5.41) is 20.2. The van der Waals surface area contributed by atoms with Gasteiger partial charge in [-0.2, -0.15) is 0 Å². The van der Waals surface area contributed by atoms with Gasteiger partial charge in [0, 0.05) is 31.1 Å². The van der Waals surface area contributed by atoms with Crippen LogP contribution in [0.3, 0.4) is 0 Å². The summed E-state index contributed by atoms with van der Waals surface area (Å²) >= 11 is 0. The predicted octanol–water partition coefficient (Wildman–Crippen LogP) is 5.48. The predicted molar refractivity (Wildman–Crippen MR) is 130 cm³/mol. The smallest absolute Gasteiger partial charge is 0.136 e. The van der Waals surface area contributed by atoms with Crippen molar-refractivity contribution in [2.75, 3.05) is 0 Å². The van der Waals surface area contributed by atoms with E-state index in [9.17, 15) is 19.8 Å². The molecule has 0 aromatic carbocycles. The molecule has 0 spiro atoms. The summed E-state index contributed by atoms with van der Waals surface area (Å²) in [6.45, 7) is 8.56. The van der Waals surface area contributed by atoms with E-state index >= 15 is 0 Å². The number of ketones is 2. The fraction of sp³-hybridized carbons (Fsp3) is 0.724. The molecule has 4 heteroatoms. The van der Waals surface area contributed by atoms with Crippen LogP contribution in [0.15, 0.2) is 35.5 Å². The quantitative estimate of drug-likeness (QED) is 0.509. The van der Waals surface area contributed by atoms with Crippen molar-refractivity contribution in [2.45, 2.75) is 103 Å². The van der Waals surface area contributed by atoms with Crippen LogP contribution in [0.4, 0.5) is 0 Å². The van der Waals surface area contributed by atoms with Crippen molar-refractivity contribution in [3.63, 3.8) is 0 Å². The van der Waals surface area contributed by atoms with Crippen molar-refractivity contribution >= 4 is 11.6 Å². The third kappa shape index (κ3) is 5.27. The van der Waals surface area contributed by atoms with Crippen LogP contribution in [-0.4, -0.2) is 34.0 Å². The van der Waals surface area contributed by atoms with Crippen molar-refractivity contribution in [3.8, 4) is 0 Å². The normalized spacial score (nSPS) is 37.9. The van der Waals surface area contributed by atoms with Crippen LogP contribution in [-0.2, 0) is 9.59 Å². The number of Topliss-reactive ketones (excluding diaryl/α,β-unsaturated/α-hetero) is 2. The average Bonchev–Trinajstić information content (AvgIpc) is 3.56. The highest BCUT2D eigenvalue weighted by molar-refractivity contribution is 5.85. The molecule has 33 heavy (non-hydrogen) atoms.